The third-order valence-electron chi connectivity index (χ3n) is 4.16. The summed E-state index contributed by atoms with van der Waals surface area (Å²) in [5, 5.41) is 0. The molecule has 0 aromatic carbocycles. The molecule has 0 saturated carbocycles. The van der Waals surface area contributed by atoms with Crippen LogP contribution in [0, 0.1) is 10.8 Å². The Morgan fingerprint density at radius 1 is 0.929 bits per heavy atom. The predicted octanol–water partition coefficient (Wildman–Crippen LogP) is 1.27. The maximum atomic E-state index is 11.5. The minimum atomic E-state index is -4.59. The smallest absolute Gasteiger partial charge is 0.329 e. The van der Waals surface area contributed by atoms with E-state index in [0.717, 1.165) is 0 Å². The van der Waals surface area contributed by atoms with Gasteiger partial charge >= 0.3 is 34.6 Å². The highest BCUT2D eigenvalue weighted by Gasteiger charge is 2.53. The van der Waals surface area contributed by atoms with Crippen LogP contribution < -0.4 is 5.73 Å². The molecule has 0 aliphatic carbocycles. The number of hydrogen-bond acceptors (Lipinski definition) is 10. The average Bonchev–Trinajstić information content (AvgIpc) is 2.50. The van der Waals surface area contributed by atoms with Gasteiger partial charge in [0.25, 0.3) is 0 Å². The molecular formula is C12H26N2O10P2S2. The monoisotopic (exact) mass is 484 g/mol. The first kappa shape index (κ1) is 24.7. The van der Waals surface area contributed by atoms with Gasteiger partial charge in [-0.25, -0.2) is 4.90 Å². The van der Waals surface area contributed by atoms with Gasteiger partial charge < -0.3 is 23.8 Å². The maximum Gasteiger partial charge on any atom is 0.335 e. The van der Waals surface area contributed by atoms with Crippen molar-refractivity contribution in [3.05, 3.63) is 0 Å². The Morgan fingerprint density at radius 3 is 1.57 bits per heavy atom. The van der Waals surface area contributed by atoms with Crippen LogP contribution in [0.2, 0.25) is 0 Å². The summed E-state index contributed by atoms with van der Waals surface area (Å²) >= 11 is 0. The van der Waals surface area contributed by atoms with E-state index in [4.69, 9.17) is 23.8 Å². The minimum absolute atomic E-state index is 0.0407. The molecule has 0 aromatic heterocycles. The summed E-state index contributed by atoms with van der Waals surface area (Å²) in [5.41, 5.74) is 4.22. The van der Waals surface area contributed by atoms with E-state index in [9.17, 15) is 25.9 Å². The molecule has 166 valence electrons. The lowest BCUT2D eigenvalue weighted by Crippen LogP contribution is -2.61. The minimum Gasteiger partial charge on any atom is -0.329 e. The van der Waals surface area contributed by atoms with Gasteiger partial charge in [-0.2, -0.15) is 16.8 Å². The molecule has 0 aromatic rings. The van der Waals surface area contributed by atoms with Gasteiger partial charge in [-0.05, 0) is 0 Å². The Bertz CT molecular complexity index is 713. The fourth-order valence-electron chi connectivity index (χ4n) is 2.86. The van der Waals surface area contributed by atoms with Crippen molar-refractivity contribution in [1.82, 2.24) is 4.90 Å². The van der Waals surface area contributed by atoms with E-state index < -0.39 is 57.9 Å². The molecule has 0 bridgehead atoms. The summed E-state index contributed by atoms with van der Waals surface area (Å²) in [4.78, 5) is 1.59. The van der Waals surface area contributed by atoms with Crippen molar-refractivity contribution in [3.8, 4) is 0 Å². The van der Waals surface area contributed by atoms with Crippen LogP contribution in [0.3, 0.4) is 0 Å². The molecule has 4 atom stereocenters. The second-order valence-electron chi connectivity index (χ2n) is 7.81. The van der Waals surface area contributed by atoms with Crippen molar-refractivity contribution < 1.29 is 44.0 Å². The summed E-state index contributed by atoms with van der Waals surface area (Å²) < 4.78 is 86.4. The zero-order valence-corrected chi connectivity index (χ0v) is 19.3. The maximum absolute atomic E-state index is 11.5. The summed E-state index contributed by atoms with van der Waals surface area (Å²) in [7, 11) is -14.5. The van der Waals surface area contributed by atoms with Gasteiger partial charge in [0, 0.05) is 23.9 Å². The molecule has 28 heavy (non-hydrogen) atoms. The molecule has 12 nitrogen and oxygen atoms in total. The predicted molar refractivity (Wildman–Crippen MR) is 102 cm³/mol. The summed E-state index contributed by atoms with van der Waals surface area (Å²) in [6.07, 6.45) is -1.86. The van der Waals surface area contributed by atoms with Gasteiger partial charge in [-0.15, -0.1) is 0 Å². The number of rotatable bonds is 6. The van der Waals surface area contributed by atoms with Crippen molar-refractivity contribution in [3.63, 3.8) is 0 Å². The molecule has 2 fully saturated rings. The van der Waals surface area contributed by atoms with Crippen molar-refractivity contribution in [2.45, 2.75) is 40.2 Å². The molecule has 2 aliphatic rings. The van der Waals surface area contributed by atoms with Gasteiger partial charge in [0.05, 0.1) is 13.2 Å². The van der Waals surface area contributed by atoms with E-state index in [1.807, 2.05) is 0 Å². The van der Waals surface area contributed by atoms with Crippen LogP contribution in [0.5, 0.6) is 0 Å². The molecular weight excluding hydrogens is 458 g/mol. The first-order valence-electron chi connectivity index (χ1n) is 8.20. The van der Waals surface area contributed by atoms with Crippen LogP contribution >= 0.6 is 15.2 Å². The van der Waals surface area contributed by atoms with Crippen LogP contribution in [0.15, 0.2) is 0 Å². The largest absolute Gasteiger partial charge is 0.335 e. The molecule has 0 spiro atoms. The lowest BCUT2D eigenvalue weighted by molar-refractivity contribution is -0.191. The van der Waals surface area contributed by atoms with Gasteiger partial charge in [0.2, 0.25) is 0 Å². The van der Waals surface area contributed by atoms with Crippen LogP contribution in [0.25, 0.3) is 0 Å². The van der Waals surface area contributed by atoms with Crippen molar-refractivity contribution in [2.24, 2.45) is 16.6 Å². The number of nitrogens with two attached hydrogens (primary N) is 1. The van der Waals surface area contributed by atoms with E-state index in [1.54, 1.807) is 32.6 Å². The van der Waals surface area contributed by atoms with Crippen LogP contribution in [0.1, 0.15) is 27.7 Å². The third kappa shape index (κ3) is 5.57. The van der Waals surface area contributed by atoms with Gasteiger partial charge in [0.15, 0.2) is 0 Å². The molecule has 0 radical (unpaired) electrons. The number of hydrogen-bond donors (Lipinski definition) is 3. The fraction of sp³-hybridized carbons (Fsp3) is 1.00. The Kier molecular flexibility index (Phi) is 7.52. The molecule has 4 unspecified atom stereocenters. The normalized spacial score (nSPS) is 33.7. The molecule has 2 rings (SSSR count). The second-order valence-corrected chi connectivity index (χ2v) is 16.0. The Labute approximate surface area is 166 Å². The molecule has 2 heterocycles. The Hall–Kier alpha value is 0.440. The van der Waals surface area contributed by atoms with Gasteiger partial charge in [-0.3, -0.25) is 9.11 Å². The van der Waals surface area contributed by atoms with Crippen LogP contribution in [0.4, 0.5) is 0 Å². The zero-order valence-electron chi connectivity index (χ0n) is 15.9. The number of nitrogens with zero attached hydrogens (tertiary/aromatic N) is 1. The Balaban J connectivity index is 2.42. The van der Waals surface area contributed by atoms with Crippen molar-refractivity contribution >= 4 is 34.6 Å². The van der Waals surface area contributed by atoms with E-state index in [1.165, 1.54) is 0 Å². The highest BCUT2D eigenvalue weighted by molar-refractivity contribution is 8.44. The van der Waals surface area contributed by atoms with E-state index in [-0.39, 0.29) is 26.3 Å². The average molecular weight is 484 g/mol. The fourth-order valence-corrected chi connectivity index (χ4v) is 7.74. The highest BCUT2D eigenvalue weighted by atomic mass is 32.8. The summed E-state index contributed by atoms with van der Waals surface area (Å²) in [6.45, 7) is 7.24. The zero-order chi connectivity index (χ0) is 21.5. The van der Waals surface area contributed by atoms with E-state index in [2.05, 4.69) is 0 Å². The van der Waals surface area contributed by atoms with Gasteiger partial charge in [0.1, 0.15) is 12.5 Å². The standard InChI is InChI=1S/C12H26N2O10P2S2/c1-11(2)7-21-25(27(15,16)17)23-9(11)14(6-5-13)10-12(3,4)8-22-26(24-10)28(18,19)20/h9-10H,5-8,13H2,1-4H3,(H,15,16,17)(H,18,19,20). The quantitative estimate of drug-likeness (QED) is 0.364. The topological polar surface area (TPSA) is 175 Å². The molecule has 16 heteroatoms. The highest BCUT2D eigenvalue weighted by Crippen LogP contribution is 2.57. The lowest BCUT2D eigenvalue weighted by Gasteiger charge is -2.52. The van der Waals surface area contributed by atoms with Gasteiger partial charge in [-0.1, -0.05) is 27.7 Å². The molecule has 0 amide bonds. The first-order valence-corrected chi connectivity index (χ1v) is 14.6. The SMILES string of the molecule is CC1(C)COP(S(=O)(=O)O)OC1N(CCN)C1OP(S(=O)(=O)O)OCC1(C)C. The van der Waals surface area contributed by atoms with Crippen molar-refractivity contribution in [2.75, 3.05) is 26.3 Å². The molecule has 4 N–H and O–H groups in total. The summed E-state index contributed by atoms with van der Waals surface area (Å²) in [6, 6.07) is 0. The van der Waals surface area contributed by atoms with Crippen molar-refractivity contribution in [1.29, 1.82) is 0 Å². The molecule has 2 aliphatic heterocycles. The summed E-state index contributed by atoms with van der Waals surface area (Å²) in [5.74, 6) is 0. The first-order chi connectivity index (χ1) is 12.6. The van der Waals surface area contributed by atoms with Crippen LogP contribution in [-0.2, 0) is 37.6 Å². The lowest BCUT2D eigenvalue weighted by atomic mass is 9.87. The Morgan fingerprint density at radius 2 is 1.29 bits per heavy atom. The van der Waals surface area contributed by atoms with E-state index >= 15 is 0 Å². The van der Waals surface area contributed by atoms with Crippen LogP contribution in [-0.4, -0.2) is 69.6 Å². The second kappa shape index (κ2) is 8.52. The third-order valence-corrected chi connectivity index (χ3v) is 9.75. The molecule has 2 saturated heterocycles. The van der Waals surface area contributed by atoms with E-state index in [0.29, 0.717) is 0 Å².